The van der Waals surface area contributed by atoms with Crippen LogP contribution in [0.3, 0.4) is 0 Å². The Kier molecular flexibility index (Phi) is 6.15. The number of aromatic nitrogens is 4. The maximum Gasteiger partial charge on any atom is 0.0658 e. The molecule has 31 heavy (non-hydrogen) atoms. The van der Waals surface area contributed by atoms with Crippen molar-refractivity contribution in [2.45, 2.75) is 0 Å². The number of H-pyrrole nitrogens is 2. The summed E-state index contributed by atoms with van der Waals surface area (Å²) < 4.78 is 0. The van der Waals surface area contributed by atoms with Gasteiger partial charge in [0.15, 0.2) is 0 Å². The Morgan fingerprint density at radius 2 is 0.677 bits per heavy atom. The van der Waals surface area contributed by atoms with E-state index in [0.717, 1.165) is 44.8 Å². The van der Waals surface area contributed by atoms with Crippen molar-refractivity contribution >= 4 is 59.9 Å². The Morgan fingerprint density at radius 3 is 0.935 bits per heavy atom. The Bertz CT molecular complexity index is 1190. The second-order valence-corrected chi connectivity index (χ2v) is 7.06. The third kappa shape index (κ3) is 5.21. The molecule has 4 nitrogen and oxygen atoms in total. The predicted molar refractivity (Wildman–Crippen MR) is 136 cm³/mol. The van der Waals surface area contributed by atoms with Gasteiger partial charge in [-0.25, -0.2) is 9.97 Å². The first-order valence-electron chi connectivity index (χ1n) is 9.85. The van der Waals surface area contributed by atoms with E-state index < -0.39 is 0 Å². The van der Waals surface area contributed by atoms with Crippen LogP contribution in [0.2, 0.25) is 0 Å². The largest absolute Gasteiger partial charge is 0.355 e. The topological polar surface area (TPSA) is 57.4 Å². The number of hydrogen-bond acceptors (Lipinski definition) is 2. The van der Waals surface area contributed by atoms with Crippen LogP contribution in [0.4, 0.5) is 0 Å². The molecule has 0 atom stereocenters. The van der Waals surface area contributed by atoms with Crippen molar-refractivity contribution in [2.75, 3.05) is 0 Å². The summed E-state index contributed by atoms with van der Waals surface area (Å²) in [6, 6.07) is 28.4. The van der Waals surface area contributed by atoms with Crippen LogP contribution in [0.1, 0.15) is 22.8 Å². The van der Waals surface area contributed by atoms with Gasteiger partial charge in [-0.1, -0.05) is 36.4 Å². The molecular formula is C26H22N4S. The number of rotatable bonds is 0. The molecule has 1 aromatic carbocycles. The lowest BCUT2D eigenvalue weighted by atomic mass is 10.3. The number of aromatic amines is 2. The molecule has 2 aliphatic rings. The van der Waals surface area contributed by atoms with Crippen LogP contribution in [0.25, 0.3) is 46.4 Å². The van der Waals surface area contributed by atoms with E-state index in [0.29, 0.717) is 0 Å². The number of nitrogens with one attached hydrogen (secondary N) is 2. The number of nitrogens with zero attached hydrogens (tertiary/aromatic N) is 2. The molecule has 0 fully saturated rings. The summed E-state index contributed by atoms with van der Waals surface area (Å²) in [5, 5.41) is 0. The molecule has 0 amide bonds. The Balaban J connectivity index is 0.000000288. The minimum atomic E-state index is 0. The van der Waals surface area contributed by atoms with E-state index >= 15 is 0 Å². The van der Waals surface area contributed by atoms with Gasteiger partial charge in [-0.2, -0.15) is 13.5 Å². The summed E-state index contributed by atoms with van der Waals surface area (Å²) in [4.78, 5) is 16.0. The van der Waals surface area contributed by atoms with E-state index in [-0.39, 0.29) is 13.5 Å². The first-order valence-corrected chi connectivity index (χ1v) is 9.85. The van der Waals surface area contributed by atoms with Gasteiger partial charge >= 0.3 is 0 Å². The van der Waals surface area contributed by atoms with Crippen molar-refractivity contribution in [3.63, 3.8) is 0 Å². The quantitative estimate of drug-likeness (QED) is 0.295. The second-order valence-electron chi connectivity index (χ2n) is 7.06. The van der Waals surface area contributed by atoms with E-state index in [4.69, 9.17) is 0 Å². The fourth-order valence-corrected chi connectivity index (χ4v) is 3.33. The van der Waals surface area contributed by atoms with Gasteiger partial charge in [-0.15, -0.1) is 0 Å². The van der Waals surface area contributed by atoms with Crippen LogP contribution in [-0.4, -0.2) is 19.9 Å². The molecule has 2 N–H and O–H groups in total. The first kappa shape index (κ1) is 20.4. The molecular weight excluding hydrogens is 400 g/mol. The first-order chi connectivity index (χ1) is 14.8. The van der Waals surface area contributed by atoms with Crippen LogP contribution in [-0.2, 0) is 0 Å². The summed E-state index contributed by atoms with van der Waals surface area (Å²) in [7, 11) is 0. The molecule has 0 unspecified atom stereocenters. The standard InChI is InChI=1S/C20H14N4.C6H6.H2S/c1-2-14-10-16-5-6-18(23-16)12-20-8-7-19(24-20)11-17-4-3-15(22-17)9-13(1)21-14;1-2-4-6-5-3-1;/h1-12,21,24H;1-6H;1H2. The Hall–Kier alpha value is -3.83. The average Bonchev–Trinajstić information content (AvgIpc) is 3.56. The minimum absolute atomic E-state index is 0. The van der Waals surface area contributed by atoms with Crippen molar-refractivity contribution < 1.29 is 0 Å². The second kappa shape index (κ2) is 9.32. The van der Waals surface area contributed by atoms with Crippen LogP contribution in [0.5, 0.6) is 0 Å². The fourth-order valence-electron chi connectivity index (χ4n) is 3.33. The Morgan fingerprint density at radius 1 is 0.419 bits per heavy atom. The van der Waals surface area contributed by atoms with Crippen LogP contribution in [0, 0.1) is 0 Å². The minimum Gasteiger partial charge on any atom is -0.355 e. The zero-order valence-electron chi connectivity index (χ0n) is 16.8. The molecule has 3 aromatic heterocycles. The molecule has 8 bridgehead atoms. The van der Waals surface area contributed by atoms with Gasteiger partial charge in [0.25, 0.3) is 0 Å². The molecule has 4 aromatic rings. The highest BCUT2D eigenvalue weighted by Gasteiger charge is 2.01. The molecule has 5 heterocycles. The highest BCUT2D eigenvalue weighted by molar-refractivity contribution is 7.59. The van der Waals surface area contributed by atoms with Crippen LogP contribution in [0.15, 0.2) is 84.9 Å². The molecule has 0 radical (unpaired) electrons. The number of fused-ring (bicyclic) bond motifs is 8. The SMILES string of the molecule is C1=Cc2cc3ccc(cc4nc(cc5ccc(cc1n2)[nH]5)C=C4)[nH]3.S.c1ccccc1. The summed E-state index contributed by atoms with van der Waals surface area (Å²) in [6.45, 7) is 0. The average molecular weight is 423 g/mol. The predicted octanol–water partition coefficient (Wildman–Crippen LogP) is 6.46. The lowest BCUT2D eigenvalue weighted by molar-refractivity contribution is 1.31. The lowest BCUT2D eigenvalue weighted by Crippen LogP contribution is -1.75. The zero-order chi connectivity index (χ0) is 20.2. The summed E-state index contributed by atoms with van der Waals surface area (Å²) in [5.74, 6) is 0. The number of benzene rings is 1. The number of hydrogen-bond donors (Lipinski definition) is 2. The van der Waals surface area contributed by atoms with Gasteiger partial charge in [0.2, 0.25) is 0 Å². The van der Waals surface area contributed by atoms with Gasteiger partial charge in [-0.05, 0) is 72.8 Å². The van der Waals surface area contributed by atoms with E-state index in [1.165, 1.54) is 0 Å². The van der Waals surface area contributed by atoms with Crippen LogP contribution < -0.4 is 0 Å². The molecule has 0 spiro atoms. The van der Waals surface area contributed by atoms with Crippen molar-refractivity contribution in [1.82, 2.24) is 19.9 Å². The van der Waals surface area contributed by atoms with E-state index in [2.05, 4.69) is 44.2 Å². The van der Waals surface area contributed by atoms with Gasteiger partial charge < -0.3 is 9.97 Å². The third-order valence-electron chi connectivity index (χ3n) is 4.71. The van der Waals surface area contributed by atoms with Crippen molar-refractivity contribution in [2.24, 2.45) is 0 Å². The lowest BCUT2D eigenvalue weighted by Gasteiger charge is -1.85. The van der Waals surface area contributed by atoms with Crippen molar-refractivity contribution in [1.29, 1.82) is 0 Å². The van der Waals surface area contributed by atoms with Gasteiger partial charge in [0.1, 0.15) is 0 Å². The maximum absolute atomic E-state index is 4.63. The van der Waals surface area contributed by atoms with Crippen LogP contribution >= 0.6 is 13.5 Å². The molecule has 5 heteroatoms. The molecule has 0 aliphatic carbocycles. The van der Waals surface area contributed by atoms with Gasteiger partial charge in [0.05, 0.1) is 22.8 Å². The highest BCUT2D eigenvalue weighted by Crippen LogP contribution is 2.16. The monoisotopic (exact) mass is 422 g/mol. The fraction of sp³-hybridized carbons (Fsp3) is 0. The summed E-state index contributed by atoms with van der Waals surface area (Å²) in [5.41, 5.74) is 7.86. The van der Waals surface area contributed by atoms with E-state index in [1.54, 1.807) is 0 Å². The zero-order valence-corrected chi connectivity index (χ0v) is 17.8. The smallest absolute Gasteiger partial charge is 0.0658 e. The van der Waals surface area contributed by atoms with Gasteiger partial charge in [0, 0.05) is 22.1 Å². The summed E-state index contributed by atoms with van der Waals surface area (Å²) >= 11 is 0. The molecule has 152 valence electrons. The van der Waals surface area contributed by atoms with E-state index in [1.807, 2.05) is 85.0 Å². The Labute approximate surface area is 187 Å². The molecule has 6 rings (SSSR count). The molecule has 2 aliphatic heterocycles. The third-order valence-corrected chi connectivity index (χ3v) is 4.71. The normalized spacial score (nSPS) is 11.4. The maximum atomic E-state index is 4.63. The van der Waals surface area contributed by atoms with E-state index in [9.17, 15) is 0 Å². The van der Waals surface area contributed by atoms with Gasteiger partial charge in [-0.3, -0.25) is 0 Å². The highest BCUT2D eigenvalue weighted by atomic mass is 32.1. The van der Waals surface area contributed by atoms with Crippen molar-refractivity contribution in [3.8, 4) is 0 Å². The van der Waals surface area contributed by atoms with Crippen molar-refractivity contribution in [3.05, 3.63) is 108 Å². The molecule has 0 saturated heterocycles. The summed E-state index contributed by atoms with van der Waals surface area (Å²) in [6.07, 6.45) is 8.09. The molecule has 0 saturated carbocycles.